The van der Waals surface area contributed by atoms with E-state index in [1.165, 1.54) is 11.3 Å². The normalized spacial score (nSPS) is 23.1. The van der Waals surface area contributed by atoms with Crippen molar-refractivity contribution in [1.82, 2.24) is 4.98 Å². The third kappa shape index (κ3) is 3.74. The minimum absolute atomic E-state index is 0.0970. The third-order valence-electron chi connectivity index (χ3n) is 6.96. The molecule has 2 aromatic rings. The van der Waals surface area contributed by atoms with Crippen molar-refractivity contribution in [3.63, 3.8) is 0 Å². The molecule has 7 heteroatoms. The number of aliphatic hydroxyl groups excluding tert-OH is 1. The van der Waals surface area contributed by atoms with Crippen LogP contribution in [0.5, 0.6) is 0 Å². The van der Waals surface area contributed by atoms with E-state index >= 15 is 0 Å². The van der Waals surface area contributed by atoms with Crippen molar-refractivity contribution in [3.05, 3.63) is 46.6 Å². The summed E-state index contributed by atoms with van der Waals surface area (Å²) in [6, 6.07) is 10.3. The Bertz CT molecular complexity index is 948. The Kier molecular flexibility index (Phi) is 5.50. The van der Waals surface area contributed by atoms with Crippen LogP contribution in [-0.2, 0) is 17.2 Å². The van der Waals surface area contributed by atoms with Gasteiger partial charge < -0.3 is 15.3 Å². The first-order chi connectivity index (χ1) is 14.6. The lowest BCUT2D eigenvalue weighted by atomic mass is 9.77. The molecule has 1 saturated carbocycles. The zero-order valence-electron chi connectivity index (χ0n) is 17.1. The Balaban J connectivity index is 1.37. The van der Waals surface area contributed by atoms with Crippen LogP contribution in [0.15, 0.2) is 35.2 Å². The van der Waals surface area contributed by atoms with Gasteiger partial charge in [0.2, 0.25) is 0 Å². The molecule has 2 fully saturated rings. The summed E-state index contributed by atoms with van der Waals surface area (Å²) in [7, 11) is -0.995. The quantitative estimate of drug-likeness (QED) is 0.725. The molecule has 160 valence electrons. The van der Waals surface area contributed by atoms with Crippen molar-refractivity contribution >= 4 is 33.9 Å². The van der Waals surface area contributed by atoms with E-state index in [1.54, 1.807) is 0 Å². The van der Waals surface area contributed by atoms with E-state index < -0.39 is 10.8 Å². The summed E-state index contributed by atoms with van der Waals surface area (Å²) in [5, 5.41) is 14.2. The highest BCUT2D eigenvalue weighted by Crippen LogP contribution is 2.40. The van der Waals surface area contributed by atoms with Crippen LogP contribution in [0, 0.1) is 0 Å². The van der Waals surface area contributed by atoms with E-state index in [9.17, 15) is 9.32 Å². The van der Waals surface area contributed by atoms with E-state index in [0.29, 0.717) is 11.7 Å². The summed E-state index contributed by atoms with van der Waals surface area (Å²) in [5.74, 6) is 1.84. The molecule has 1 saturated heterocycles. The number of hydrogen-bond acceptors (Lipinski definition) is 5. The Labute approximate surface area is 185 Å². The van der Waals surface area contributed by atoms with Gasteiger partial charge in [-0.25, -0.2) is 4.98 Å². The summed E-state index contributed by atoms with van der Waals surface area (Å²) in [6.45, 7) is 2.07. The van der Waals surface area contributed by atoms with Crippen molar-refractivity contribution in [2.45, 2.75) is 54.9 Å². The Hall–Kier alpha value is -1.63. The van der Waals surface area contributed by atoms with Crippen molar-refractivity contribution in [2.24, 2.45) is 0 Å². The number of pyridine rings is 1. The summed E-state index contributed by atoms with van der Waals surface area (Å²) < 4.78 is 12.6. The maximum absolute atomic E-state index is 12.6. The standard InChI is InChI=1S/C23H28ClN3O2S/c24-18-2-4-19(5-3-18)27-11-6-16(7-12-27)20-14-17-8-13-30(29)21(17)22(25-20)26-23(15-28)9-1-10-23/h2-5,14,16,28H,1,6-13,15H2,(H,25,26)/t30-/m0/s1. The minimum Gasteiger partial charge on any atom is -0.394 e. The highest BCUT2D eigenvalue weighted by Gasteiger charge is 2.38. The van der Waals surface area contributed by atoms with Gasteiger partial charge in [-0.15, -0.1) is 0 Å². The highest BCUT2D eigenvalue weighted by atomic mass is 35.5. The number of piperidine rings is 1. The van der Waals surface area contributed by atoms with Crippen LogP contribution in [0.1, 0.15) is 49.3 Å². The van der Waals surface area contributed by atoms with Crippen LogP contribution in [0.4, 0.5) is 11.5 Å². The van der Waals surface area contributed by atoms with Gasteiger partial charge >= 0.3 is 0 Å². The molecule has 3 aliphatic rings. The fraction of sp³-hybridized carbons (Fsp3) is 0.522. The van der Waals surface area contributed by atoms with Crippen molar-refractivity contribution in [3.8, 4) is 0 Å². The molecular weight excluding hydrogens is 418 g/mol. The van der Waals surface area contributed by atoms with Crippen LogP contribution < -0.4 is 10.2 Å². The monoisotopic (exact) mass is 445 g/mol. The Morgan fingerprint density at radius 1 is 1.23 bits per heavy atom. The van der Waals surface area contributed by atoms with Gasteiger partial charge in [0.15, 0.2) is 0 Å². The molecular formula is C23H28ClN3O2S. The number of nitrogens with zero attached hydrogens (tertiary/aromatic N) is 2. The number of aliphatic hydroxyl groups is 1. The third-order valence-corrected chi connectivity index (χ3v) is 8.69. The fourth-order valence-electron chi connectivity index (χ4n) is 4.91. The number of fused-ring (bicyclic) bond motifs is 1. The number of halogens is 1. The van der Waals surface area contributed by atoms with Gasteiger partial charge in [0.25, 0.3) is 0 Å². The average molecular weight is 446 g/mol. The Morgan fingerprint density at radius 2 is 1.97 bits per heavy atom. The fourth-order valence-corrected chi connectivity index (χ4v) is 6.41. The molecule has 3 heterocycles. The second-order valence-electron chi connectivity index (χ2n) is 8.84. The lowest BCUT2D eigenvalue weighted by Gasteiger charge is -2.42. The predicted octanol–water partition coefficient (Wildman–Crippen LogP) is 4.11. The second kappa shape index (κ2) is 8.13. The molecule has 2 aliphatic heterocycles. The Morgan fingerprint density at radius 3 is 2.60 bits per heavy atom. The summed E-state index contributed by atoms with van der Waals surface area (Å²) in [4.78, 5) is 8.27. The first-order valence-electron chi connectivity index (χ1n) is 10.9. The van der Waals surface area contributed by atoms with Gasteiger partial charge in [-0.3, -0.25) is 4.21 Å². The molecule has 1 aromatic carbocycles. The number of benzene rings is 1. The number of hydrogen-bond donors (Lipinski definition) is 2. The summed E-state index contributed by atoms with van der Waals surface area (Å²) in [5.41, 5.74) is 3.21. The van der Waals surface area contributed by atoms with Crippen LogP contribution in [-0.4, -0.2) is 45.3 Å². The predicted molar refractivity (Wildman–Crippen MR) is 122 cm³/mol. The average Bonchev–Trinajstić information content (AvgIpc) is 3.12. The van der Waals surface area contributed by atoms with Gasteiger partial charge in [0.1, 0.15) is 5.82 Å². The van der Waals surface area contributed by atoms with Gasteiger partial charge in [-0.1, -0.05) is 11.6 Å². The van der Waals surface area contributed by atoms with Gasteiger partial charge in [-0.2, -0.15) is 0 Å². The molecule has 30 heavy (non-hydrogen) atoms. The number of rotatable bonds is 5. The molecule has 0 unspecified atom stereocenters. The number of anilines is 2. The molecule has 1 aliphatic carbocycles. The van der Waals surface area contributed by atoms with Gasteiger partial charge in [-0.05, 0) is 74.4 Å². The molecule has 0 amide bonds. The van der Waals surface area contributed by atoms with Crippen molar-refractivity contribution < 1.29 is 9.32 Å². The van der Waals surface area contributed by atoms with E-state index in [4.69, 9.17) is 16.6 Å². The van der Waals surface area contributed by atoms with Crippen LogP contribution in [0.2, 0.25) is 5.02 Å². The van der Waals surface area contributed by atoms with E-state index in [2.05, 4.69) is 28.4 Å². The van der Waals surface area contributed by atoms with Gasteiger partial charge in [0.05, 0.1) is 27.8 Å². The maximum Gasteiger partial charge on any atom is 0.143 e. The van der Waals surface area contributed by atoms with Gasteiger partial charge in [0, 0.05) is 41.2 Å². The molecule has 0 bridgehead atoms. The van der Waals surface area contributed by atoms with Crippen LogP contribution in [0.25, 0.3) is 0 Å². The zero-order valence-corrected chi connectivity index (χ0v) is 18.6. The summed E-state index contributed by atoms with van der Waals surface area (Å²) >= 11 is 6.03. The lowest BCUT2D eigenvalue weighted by molar-refractivity contribution is 0.143. The SMILES string of the molecule is O=[S@]1CCc2cc(C3CCN(c4ccc(Cl)cc4)CC3)nc(NC3(CO)CCC3)c21. The molecule has 2 N–H and O–H groups in total. The molecule has 0 spiro atoms. The minimum atomic E-state index is -0.995. The highest BCUT2D eigenvalue weighted by molar-refractivity contribution is 7.85. The first-order valence-corrected chi connectivity index (χ1v) is 12.6. The number of nitrogens with one attached hydrogen (secondary N) is 1. The number of aryl methyl sites for hydroxylation is 1. The van der Waals surface area contributed by atoms with E-state index in [0.717, 1.165) is 73.0 Å². The molecule has 1 aromatic heterocycles. The van der Waals surface area contributed by atoms with Crippen LogP contribution in [0.3, 0.4) is 0 Å². The van der Waals surface area contributed by atoms with Crippen molar-refractivity contribution in [1.29, 1.82) is 0 Å². The number of aromatic nitrogens is 1. The largest absolute Gasteiger partial charge is 0.394 e. The van der Waals surface area contributed by atoms with Crippen molar-refractivity contribution in [2.75, 3.05) is 35.7 Å². The van der Waals surface area contributed by atoms with E-state index in [-0.39, 0.29) is 12.1 Å². The smallest absolute Gasteiger partial charge is 0.143 e. The molecule has 0 radical (unpaired) electrons. The molecule has 1 atom stereocenters. The molecule has 5 rings (SSSR count). The lowest BCUT2D eigenvalue weighted by Crippen LogP contribution is -2.48. The zero-order chi connectivity index (χ0) is 20.7. The summed E-state index contributed by atoms with van der Waals surface area (Å²) in [6.07, 6.45) is 5.93. The van der Waals surface area contributed by atoms with E-state index in [1.807, 2.05) is 12.1 Å². The maximum atomic E-state index is 12.6. The van der Waals surface area contributed by atoms with Crippen LogP contribution >= 0.6 is 11.6 Å². The topological polar surface area (TPSA) is 65.5 Å². The first kappa shape index (κ1) is 20.3. The molecule has 5 nitrogen and oxygen atoms in total. The second-order valence-corrected chi connectivity index (χ2v) is 10.8.